The molecule has 0 radical (unpaired) electrons. The van der Waals surface area contributed by atoms with E-state index in [4.69, 9.17) is 44.3 Å². The van der Waals surface area contributed by atoms with Gasteiger partial charge in [-0.15, -0.1) is 12.3 Å². The zero-order chi connectivity index (χ0) is 45.4. The minimum atomic E-state index is -1.59. The number of carbonyl (C=O) groups is 3. The van der Waals surface area contributed by atoms with Crippen LogP contribution in [0.4, 0.5) is 9.59 Å². The van der Waals surface area contributed by atoms with Gasteiger partial charge in [0, 0.05) is 38.3 Å². The van der Waals surface area contributed by atoms with Gasteiger partial charge in [-0.25, -0.2) is 9.59 Å². The van der Waals surface area contributed by atoms with Crippen LogP contribution in [0.15, 0.2) is 0 Å². The highest BCUT2D eigenvalue weighted by molar-refractivity contribution is 5.75. The second kappa shape index (κ2) is 22.1. The van der Waals surface area contributed by atoms with Gasteiger partial charge in [0.05, 0.1) is 30.5 Å². The number of unbranched alkanes of at least 4 members (excludes halogenated alkanes) is 1. The maximum atomic E-state index is 12.9. The van der Waals surface area contributed by atoms with Crippen molar-refractivity contribution in [2.24, 2.45) is 5.92 Å². The number of hydrogen-bond acceptors (Lipinski definition) is 17. The van der Waals surface area contributed by atoms with E-state index in [1.165, 1.54) is 0 Å². The van der Waals surface area contributed by atoms with Crippen molar-refractivity contribution in [1.29, 1.82) is 0 Å². The summed E-state index contributed by atoms with van der Waals surface area (Å²) >= 11 is 0. The molecule has 3 unspecified atom stereocenters. The molecule has 9 N–H and O–H groups in total. The molecule has 3 saturated heterocycles. The van der Waals surface area contributed by atoms with Crippen molar-refractivity contribution < 1.29 is 82.9 Å². The van der Waals surface area contributed by atoms with Crippen LogP contribution < -0.4 is 16.0 Å². The number of ether oxygens (including phenoxy) is 8. The predicted octanol–water partition coefficient (Wildman–Crippen LogP) is 0.0498. The Bertz CT molecular complexity index is 1470. The molecule has 61 heavy (non-hydrogen) atoms. The van der Waals surface area contributed by atoms with Crippen molar-refractivity contribution in [3.8, 4) is 12.3 Å². The van der Waals surface area contributed by atoms with Crippen molar-refractivity contribution in [2.45, 2.75) is 210 Å². The maximum absolute atomic E-state index is 12.9. The van der Waals surface area contributed by atoms with E-state index in [0.717, 1.165) is 0 Å². The molecule has 0 spiro atoms. The largest absolute Gasteiger partial charge is 0.444 e. The number of rotatable bonds is 15. The van der Waals surface area contributed by atoms with E-state index in [1.807, 2.05) is 0 Å². The molecule has 4 aliphatic rings. The number of aliphatic hydroxyl groups is 6. The van der Waals surface area contributed by atoms with E-state index in [-0.39, 0.29) is 44.7 Å². The van der Waals surface area contributed by atoms with Crippen LogP contribution in [0, 0.1) is 18.3 Å². The number of hydrogen-bond donors (Lipinski definition) is 9. The van der Waals surface area contributed by atoms with Gasteiger partial charge >= 0.3 is 12.2 Å². The van der Waals surface area contributed by atoms with E-state index in [2.05, 4.69) is 21.9 Å². The molecule has 0 bridgehead atoms. The number of terminal acetylenes is 1. The number of alkyl carbamates (subject to hydrolysis) is 2. The molecule has 0 aromatic heterocycles. The van der Waals surface area contributed by atoms with Crippen LogP contribution in [-0.2, 0) is 42.7 Å². The average molecular weight is 876 g/mol. The van der Waals surface area contributed by atoms with Gasteiger partial charge < -0.3 is 84.5 Å². The Morgan fingerprint density at radius 3 is 2.00 bits per heavy atom. The lowest BCUT2D eigenvalue weighted by Crippen LogP contribution is -2.62. The smallest absolute Gasteiger partial charge is 0.407 e. The molecule has 3 heterocycles. The van der Waals surface area contributed by atoms with E-state index in [1.54, 1.807) is 55.4 Å². The third kappa shape index (κ3) is 14.6. The third-order valence-electron chi connectivity index (χ3n) is 10.8. The van der Waals surface area contributed by atoms with Crippen molar-refractivity contribution >= 4 is 18.1 Å². The molecule has 350 valence electrons. The van der Waals surface area contributed by atoms with Crippen LogP contribution in [0.5, 0.6) is 0 Å². The van der Waals surface area contributed by atoms with Gasteiger partial charge in [-0.3, -0.25) is 4.79 Å². The average Bonchev–Trinajstić information content (AvgIpc) is 3.45. The fraction of sp³-hybridized carbons (Fsp3) is 0.878. The van der Waals surface area contributed by atoms with Crippen molar-refractivity contribution in [3.05, 3.63) is 0 Å². The van der Waals surface area contributed by atoms with Crippen LogP contribution in [0.25, 0.3) is 0 Å². The van der Waals surface area contributed by atoms with Crippen LogP contribution in [0.3, 0.4) is 0 Å². The summed E-state index contributed by atoms with van der Waals surface area (Å²) < 4.78 is 47.9. The third-order valence-corrected chi connectivity index (χ3v) is 10.8. The van der Waals surface area contributed by atoms with Gasteiger partial charge in [-0.05, 0) is 67.2 Å². The molecule has 20 heteroatoms. The zero-order valence-corrected chi connectivity index (χ0v) is 36.4. The van der Waals surface area contributed by atoms with Gasteiger partial charge in [-0.1, -0.05) is 13.8 Å². The Kier molecular flexibility index (Phi) is 18.4. The SMILES string of the molecule is C#CCCCC(=O)NC[C@H]1O[C@@H](O[C@H]2C(O[C@H]3O[C@H](CNC(=O)OC(C)(C)C)[C@@H](O)[C@H](O)[C@H]3C)CC[C@@H](NC(=O)OC(C)(C)C)[C@@H]2O)[C@H](O)C1O[C@@H]1C[C@@H](O)C(O)[C@H](CC)O1. The van der Waals surface area contributed by atoms with Gasteiger partial charge in [-0.2, -0.15) is 0 Å². The summed E-state index contributed by atoms with van der Waals surface area (Å²) in [6.45, 7) is 13.1. The normalized spacial score (nSPS) is 38.2. The summed E-state index contributed by atoms with van der Waals surface area (Å²) in [6.07, 6.45) is -13.5. The van der Waals surface area contributed by atoms with E-state index in [0.29, 0.717) is 19.3 Å². The van der Waals surface area contributed by atoms with Crippen LogP contribution in [0.1, 0.15) is 100 Å². The molecule has 3 aliphatic heterocycles. The quantitative estimate of drug-likeness (QED) is 0.0776. The summed E-state index contributed by atoms with van der Waals surface area (Å²) in [6, 6.07) is -0.944. The standard InChI is InChI=1S/C41H69N3O17/c1-10-12-13-14-27(46)42-19-26-35(58-28-17-22(45)31(49)23(11-2)54-28)33(51)37(57-26)59-34-24(16-15-21(30(34)48)44-39(53)61-41(7,8)9)55-36-20(3)29(47)32(50)25(56-36)18-43-38(52)60-40(4,5)6/h1,20-26,28-37,45,47-51H,11-19H2,2-9H3,(H,42,46)(H,43,52)(H,44,53)/t20-,21-,22-,23+,24?,25-,26-,28-,29-,30+,31?,32-,33-,34+,35?,36+,37+/m1/s1. The summed E-state index contributed by atoms with van der Waals surface area (Å²) in [5.74, 6) is 1.31. The molecule has 17 atom stereocenters. The first-order valence-corrected chi connectivity index (χ1v) is 21.2. The fourth-order valence-electron chi connectivity index (χ4n) is 7.60. The number of aliphatic hydroxyl groups excluding tert-OH is 6. The Morgan fingerprint density at radius 1 is 0.721 bits per heavy atom. The van der Waals surface area contributed by atoms with Crippen molar-refractivity contribution in [3.63, 3.8) is 0 Å². The topological polar surface area (TPSA) is 283 Å². The molecule has 0 aromatic carbocycles. The van der Waals surface area contributed by atoms with Crippen LogP contribution in [-0.4, -0.2) is 171 Å². The lowest BCUT2D eigenvalue weighted by atomic mass is 9.86. The molecule has 1 saturated carbocycles. The maximum Gasteiger partial charge on any atom is 0.407 e. The first-order chi connectivity index (χ1) is 28.5. The first-order valence-electron chi connectivity index (χ1n) is 21.2. The number of amides is 3. The Balaban J connectivity index is 1.58. The van der Waals surface area contributed by atoms with Crippen molar-refractivity contribution in [1.82, 2.24) is 16.0 Å². The second-order valence-electron chi connectivity index (χ2n) is 18.2. The van der Waals surface area contributed by atoms with E-state index in [9.17, 15) is 45.0 Å². The predicted molar refractivity (Wildman–Crippen MR) is 213 cm³/mol. The number of nitrogens with one attached hydrogen (secondary N) is 3. The molecular formula is C41H69N3O17. The lowest BCUT2D eigenvalue weighted by Gasteiger charge is -2.46. The summed E-state index contributed by atoms with van der Waals surface area (Å²) in [4.78, 5) is 38.0. The molecule has 0 aromatic rings. The highest BCUT2D eigenvalue weighted by Crippen LogP contribution is 2.36. The van der Waals surface area contributed by atoms with E-state index < -0.39 is 127 Å². The first kappa shape index (κ1) is 50.7. The van der Waals surface area contributed by atoms with Gasteiger partial charge in [0.2, 0.25) is 5.91 Å². The minimum absolute atomic E-state index is 0.128. The minimum Gasteiger partial charge on any atom is -0.444 e. The molecule has 1 aliphatic carbocycles. The zero-order valence-electron chi connectivity index (χ0n) is 36.4. The summed E-state index contributed by atoms with van der Waals surface area (Å²) in [5.41, 5.74) is -1.65. The Labute approximate surface area is 357 Å². The molecular weight excluding hydrogens is 806 g/mol. The van der Waals surface area contributed by atoms with Gasteiger partial charge in [0.1, 0.15) is 60.0 Å². The molecule has 4 fully saturated rings. The van der Waals surface area contributed by atoms with Crippen molar-refractivity contribution in [2.75, 3.05) is 13.1 Å². The number of carbonyl (C=O) groups excluding carboxylic acids is 3. The summed E-state index contributed by atoms with van der Waals surface area (Å²) in [7, 11) is 0. The second-order valence-corrected chi connectivity index (χ2v) is 18.2. The van der Waals surface area contributed by atoms with E-state index >= 15 is 0 Å². The monoisotopic (exact) mass is 875 g/mol. The van der Waals surface area contributed by atoms with Crippen LogP contribution >= 0.6 is 0 Å². The highest BCUT2D eigenvalue weighted by Gasteiger charge is 2.53. The molecule has 4 rings (SSSR count). The highest BCUT2D eigenvalue weighted by atomic mass is 16.8. The van der Waals surface area contributed by atoms with Gasteiger partial charge in [0.25, 0.3) is 0 Å². The lowest BCUT2D eigenvalue weighted by molar-refractivity contribution is -0.316. The molecule has 20 nitrogen and oxygen atoms in total. The molecule has 3 amide bonds. The Morgan fingerprint density at radius 2 is 1.36 bits per heavy atom. The summed E-state index contributed by atoms with van der Waals surface area (Å²) in [5, 5.41) is 74.5. The van der Waals surface area contributed by atoms with Crippen LogP contribution in [0.2, 0.25) is 0 Å². The van der Waals surface area contributed by atoms with Gasteiger partial charge in [0.15, 0.2) is 18.9 Å². The fourth-order valence-corrected chi connectivity index (χ4v) is 7.60. The Hall–Kier alpha value is -2.91.